The van der Waals surface area contributed by atoms with Crippen LogP contribution in [0.15, 0.2) is 0 Å². The van der Waals surface area contributed by atoms with E-state index >= 15 is 0 Å². The maximum absolute atomic E-state index is 11.2. The van der Waals surface area contributed by atoms with Crippen molar-refractivity contribution in [1.29, 1.82) is 0 Å². The van der Waals surface area contributed by atoms with Crippen LogP contribution in [0.5, 0.6) is 0 Å². The van der Waals surface area contributed by atoms with Crippen LogP contribution in [0.4, 0.5) is 0 Å². The van der Waals surface area contributed by atoms with Crippen molar-refractivity contribution in [2.45, 2.75) is 18.3 Å². The summed E-state index contributed by atoms with van der Waals surface area (Å²) < 4.78 is 32.7. The van der Waals surface area contributed by atoms with Crippen LogP contribution in [0.1, 0.15) is 0 Å². The van der Waals surface area contributed by atoms with Gasteiger partial charge in [0.1, 0.15) is 12.2 Å². The zero-order valence-corrected chi connectivity index (χ0v) is 8.74. The first kappa shape index (κ1) is 15.4. The number of carbonyl (C=O) groups is 1. The van der Waals surface area contributed by atoms with Gasteiger partial charge in [-0.05, 0) is 0 Å². The van der Waals surface area contributed by atoms with Crippen LogP contribution < -0.4 is 0 Å². The Hall–Kier alpha value is -0.620. The fraction of sp³-hybridized carbons (Fsp3) is 0.833. The summed E-state index contributed by atoms with van der Waals surface area (Å²) in [6.07, 6.45) is -6.15. The number of aliphatic hydroxyl groups is 4. The first-order chi connectivity index (χ1) is 7.22. The average Bonchev–Trinajstić information content (AvgIpc) is 2.21. The fourth-order valence-corrected chi connectivity index (χ4v) is 1.29. The van der Waals surface area contributed by atoms with E-state index in [1.807, 2.05) is 0 Å². The maximum atomic E-state index is 11.2. The van der Waals surface area contributed by atoms with Gasteiger partial charge in [-0.3, -0.25) is 9.35 Å². The largest absolute Gasteiger partial charge is 0.398 e. The smallest absolute Gasteiger partial charge is 0.394 e. The van der Waals surface area contributed by atoms with Gasteiger partial charge >= 0.3 is 10.4 Å². The molecule has 0 heterocycles. The van der Waals surface area contributed by atoms with E-state index in [0.29, 0.717) is 0 Å². The predicted octanol–water partition coefficient (Wildman–Crippen LogP) is -3.55. The van der Waals surface area contributed by atoms with Crippen LogP contribution in [0.25, 0.3) is 0 Å². The van der Waals surface area contributed by atoms with Crippen LogP contribution in [-0.4, -0.2) is 70.7 Å². The molecule has 0 aromatic rings. The van der Waals surface area contributed by atoms with Crippen LogP contribution in [-0.2, 0) is 19.4 Å². The molecule has 0 radical (unpaired) electrons. The van der Waals surface area contributed by atoms with Gasteiger partial charge < -0.3 is 20.4 Å². The summed E-state index contributed by atoms with van der Waals surface area (Å²) in [6.45, 7) is -2.06. The van der Waals surface area contributed by atoms with E-state index in [1.54, 1.807) is 0 Å². The molecule has 0 aliphatic heterocycles. The molecule has 3 atom stereocenters. The quantitative estimate of drug-likeness (QED) is 0.292. The lowest BCUT2D eigenvalue weighted by atomic mass is 10.1. The molecule has 0 aliphatic carbocycles. The Kier molecular flexibility index (Phi) is 5.96. The van der Waals surface area contributed by atoms with E-state index in [9.17, 15) is 13.2 Å². The molecular weight excluding hydrogens is 248 g/mol. The van der Waals surface area contributed by atoms with E-state index in [2.05, 4.69) is 4.18 Å². The van der Waals surface area contributed by atoms with E-state index in [0.717, 1.165) is 0 Å². The molecule has 5 N–H and O–H groups in total. The van der Waals surface area contributed by atoms with Crippen molar-refractivity contribution in [2.24, 2.45) is 0 Å². The molecule has 0 unspecified atom stereocenters. The summed E-state index contributed by atoms with van der Waals surface area (Å²) in [5.41, 5.74) is 0. The van der Waals surface area contributed by atoms with Gasteiger partial charge in [0.15, 0.2) is 11.9 Å². The van der Waals surface area contributed by atoms with E-state index in [1.165, 1.54) is 0 Å². The number of ketones is 1. The van der Waals surface area contributed by atoms with Gasteiger partial charge in [0.25, 0.3) is 0 Å². The summed E-state index contributed by atoms with van der Waals surface area (Å²) in [6, 6.07) is 0. The van der Waals surface area contributed by atoms with Gasteiger partial charge in [-0.25, -0.2) is 4.18 Å². The first-order valence-electron chi connectivity index (χ1n) is 4.00. The monoisotopic (exact) mass is 260 g/mol. The van der Waals surface area contributed by atoms with E-state index < -0.39 is 47.7 Å². The first-order valence-corrected chi connectivity index (χ1v) is 5.36. The van der Waals surface area contributed by atoms with Crippen molar-refractivity contribution < 1.29 is 42.4 Å². The minimum atomic E-state index is -5.05. The Balaban J connectivity index is 4.88. The normalized spacial score (nSPS) is 17.8. The third-order valence-electron chi connectivity index (χ3n) is 1.54. The SMILES string of the molecule is O=C([C@H](O)CO)[C@@H](OS(=O)(=O)O)[C@H](O)CO. The molecule has 0 saturated heterocycles. The number of rotatable bonds is 7. The highest BCUT2D eigenvalue weighted by molar-refractivity contribution is 7.80. The Bertz CT molecular complexity index is 323. The van der Waals surface area contributed by atoms with Crippen molar-refractivity contribution in [3.05, 3.63) is 0 Å². The second kappa shape index (κ2) is 6.20. The molecule has 0 rings (SSSR count). The molecule has 0 aromatic carbocycles. The second-order valence-electron chi connectivity index (χ2n) is 2.80. The van der Waals surface area contributed by atoms with Crippen molar-refractivity contribution in [3.8, 4) is 0 Å². The number of Topliss-reactive ketones (excluding diaryl/α,β-unsaturated/α-hetero) is 1. The van der Waals surface area contributed by atoms with Crippen molar-refractivity contribution in [2.75, 3.05) is 13.2 Å². The molecular formula is C6H12O9S. The number of aliphatic hydroxyl groups excluding tert-OH is 4. The van der Waals surface area contributed by atoms with Gasteiger partial charge in [0.05, 0.1) is 13.2 Å². The highest BCUT2D eigenvalue weighted by Crippen LogP contribution is 2.07. The predicted molar refractivity (Wildman–Crippen MR) is 47.6 cm³/mol. The molecule has 10 heteroatoms. The summed E-state index contributed by atoms with van der Waals surface area (Å²) in [5, 5.41) is 34.8. The molecule has 0 amide bonds. The van der Waals surface area contributed by atoms with Crippen LogP contribution >= 0.6 is 0 Å². The Labute approximate surface area is 90.9 Å². The Morgan fingerprint density at radius 1 is 1.19 bits per heavy atom. The molecule has 0 bridgehead atoms. The van der Waals surface area contributed by atoms with Crippen LogP contribution in [0.3, 0.4) is 0 Å². The summed E-state index contributed by atoms with van der Waals surface area (Å²) in [4.78, 5) is 11.2. The topological polar surface area (TPSA) is 162 Å². The van der Waals surface area contributed by atoms with Gasteiger partial charge in [-0.15, -0.1) is 0 Å². The fourth-order valence-electron chi connectivity index (χ4n) is 0.807. The summed E-state index contributed by atoms with van der Waals surface area (Å²) >= 11 is 0. The Morgan fingerprint density at radius 3 is 2.00 bits per heavy atom. The van der Waals surface area contributed by atoms with Crippen molar-refractivity contribution in [3.63, 3.8) is 0 Å². The molecule has 0 fully saturated rings. The molecule has 0 spiro atoms. The zero-order chi connectivity index (χ0) is 12.9. The van der Waals surface area contributed by atoms with Crippen molar-refractivity contribution >= 4 is 16.2 Å². The third-order valence-corrected chi connectivity index (χ3v) is 1.99. The van der Waals surface area contributed by atoms with E-state index in [-0.39, 0.29) is 0 Å². The maximum Gasteiger partial charge on any atom is 0.398 e. The minimum absolute atomic E-state index is 1.03. The zero-order valence-electron chi connectivity index (χ0n) is 7.92. The van der Waals surface area contributed by atoms with Gasteiger partial charge in [0, 0.05) is 0 Å². The molecule has 9 nitrogen and oxygen atoms in total. The minimum Gasteiger partial charge on any atom is -0.394 e. The lowest BCUT2D eigenvalue weighted by molar-refractivity contribution is -0.142. The molecule has 0 aromatic heterocycles. The molecule has 96 valence electrons. The van der Waals surface area contributed by atoms with E-state index in [4.69, 9.17) is 25.0 Å². The number of hydrogen-bond acceptors (Lipinski definition) is 8. The molecule has 0 saturated carbocycles. The number of hydrogen-bond donors (Lipinski definition) is 5. The molecule has 16 heavy (non-hydrogen) atoms. The highest BCUT2D eigenvalue weighted by atomic mass is 32.3. The molecule has 0 aliphatic rings. The standard InChI is InChI=1S/C6H12O9S/c7-1-3(9)5(11)6(4(10)2-8)15-16(12,13)14/h3-4,6-10H,1-2H2,(H,12,13,14)/t3-,4-,6+/m1/s1. The summed E-state index contributed by atoms with van der Waals surface area (Å²) in [5.74, 6) is -1.39. The lowest BCUT2D eigenvalue weighted by Gasteiger charge is -2.20. The van der Waals surface area contributed by atoms with Gasteiger partial charge in [0.2, 0.25) is 0 Å². The lowest BCUT2D eigenvalue weighted by Crippen LogP contribution is -2.46. The third kappa shape index (κ3) is 4.94. The van der Waals surface area contributed by atoms with Crippen LogP contribution in [0.2, 0.25) is 0 Å². The second-order valence-corrected chi connectivity index (χ2v) is 3.84. The van der Waals surface area contributed by atoms with Gasteiger partial charge in [-0.1, -0.05) is 0 Å². The summed E-state index contributed by atoms with van der Waals surface area (Å²) in [7, 11) is -5.05. The van der Waals surface area contributed by atoms with Crippen LogP contribution in [0, 0.1) is 0 Å². The average molecular weight is 260 g/mol. The number of carbonyl (C=O) groups excluding carboxylic acids is 1. The highest BCUT2D eigenvalue weighted by Gasteiger charge is 2.35. The van der Waals surface area contributed by atoms with Crippen molar-refractivity contribution in [1.82, 2.24) is 0 Å². The van der Waals surface area contributed by atoms with Gasteiger partial charge in [-0.2, -0.15) is 8.42 Å². The Morgan fingerprint density at radius 2 is 1.69 bits per heavy atom.